The predicted octanol–water partition coefficient (Wildman–Crippen LogP) is 3.32. The Labute approximate surface area is 91.0 Å². The van der Waals surface area contributed by atoms with Crippen molar-refractivity contribution in [2.45, 2.75) is 13.8 Å². The second kappa shape index (κ2) is 3.55. The standard InChI is InChI=1S/C11H10O3S/c1-6-3-8(5-15-6)10-4-9(11(12)13)7(2)14-10/h3-5H,1-2H3,(H,12,13). The van der Waals surface area contributed by atoms with E-state index in [1.54, 1.807) is 24.3 Å². The summed E-state index contributed by atoms with van der Waals surface area (Å²) in [5.41, 5.74) is 1.17. The summed E-state index contributed by atoms with van der Waals surface area (Å²) in [6.07, 6.45) is 0. The number of aryl methyl sites for hydroxylation is 2. The molecule has 0 aliphatic carbocycles. The Bertz CT molecular complexity index is 508. The van der Waals surface area contributed by atoms with Crippen molar-refractivity contribution < 1.29 is 14.3 Å². The van der Waals surface area contributed by atoms with Crippen molar-refractivity contribution >= 4 is 17.3 Å². The third kappa shape index (κ3) is 1.80. The molecule has 78 valence electrons. The van der Waals surface area contributed by atoms with Gasteiger partial charge in [0.2, 0.25) is 0 Å². The number of carboxylic acid groups (broad SMARTS) is 1. The van der Waals surface area contributed by atoms with Gasteiger partial charge in [-0.2, -0.15) is 0 Å². The highest BCUT2D eigenvalue weighted by molar-refractivity contribution is 7.10. The van der Waals surface area contributed by atoms with Crippen LogP contribution >= 0.6 is 11.3 Å². The van der Waals surface area contributed by atoms with E-state index in [2.05, 4.69) is 0 Å². The van der Waals surface area contributed by atoms with E-state index >= 15 is 0 Å². The first-order valence-corrected chi connectivity index (χ1v) is 5.35. The second-order valence-corrected chi connectivity index (χ2v) is 4.45. The quantitative estimate of drug-likeness (QED) is 0.847. The van der Waals surface area contributed by atoms with E-state index in [1.807, 2.05) is 18.4 Å². The molecule has 0 saturated heterocycles. The maximum atomic E-state index is 10.8. The second-order valence-electron chi connectivity index (χ2n) is 3.33. The zero-order chi connectivity index (χ0) is 11.0. The topological polar surface area (TPSA) is 50.4 Å². The first-order valence-electron chi connectivity index (χ1n) is 4.47. The van der Waals surface area contributed by atoms with Crippen LogP contribution < -0.4 is 0 Å². The molecule has 2 aromatic heterocycles. The van der Waals surface area contributed by atoms with Crippen molar-refractivity contribution in [3.8, 4) is 11.3 Å². The number of furan rings is 1. The van der Waals surface area contributed by atoms with Crippen LogP contribution in [-0.2, 0) is 0 Å². The van der Waals surface area contributed by atoms with Gasteiger partial charge in [0.25, 0.3) is 0 Å². The average molecular weight is 222 g/mol. The monoisotopic (exact) mass is 222 g/mol. The van der Waals surface area contributed by atoms with Gasteiger partial charge in [-0.05, 0) is 26.0 Å². The van der Waals surface area contributed by atoms with Gasteiger partial charge in [0.15, 0.2) is 0 Å². The summed E-state index contributed by atoms with van der Waals surface area (Å²) >= 11 is 1.62. The molecule has 0 radical (unpaired) electrons. The Morgan fingerprint density at radius 2 is 2.13 bits per heavy atom. The number of carbonyl (C=O) groups is 1. The SMILES string of the molecule is Cc1cc(-c2cc(C(=O)O)c(C)o2)cs1. The van der Waals surface area contributed by atoms with Gasteiger partial charge in [0.05, 0.1) is 0 Å². The summed E-state index contributed by atoms with van der Waals surface area (Å²) in [5.74, 6) is 0.116. The summed E-state index contributed by atoms with van der Waals surface area (Å²) in [4.78, 5) is 12.0. The molecule has 3 nitrogen and oxygen atoms in total. The normalized spacial score (nSPS) is 10.5. The minimum absolute atomic E-state index is 0.230. The lowest BCUT2D eigenvalue weighted by Crippen LogP contribution is -1.94. The van der Waals surface area contributed by atoms with E-state index in [1.165, 1.54) is 4.88 Å². The highest BCUT2D eigenvalue weighted by atomic mass is 32.1. The van der Waals surface area contributed by atoms with Gasteiger partial charge in [-0.3, -0.25) is 0 Å². The van der Waals surface area contributed by atoms with Crippen LogP contribution in [0.3, 0.4) is 0 Å². The Balaban J connectivity index is 2.46. The Hall–Kier alpha value is -1.55. The Morgan fingerprint density at radius 1 is 1.40 bits per heavy atom. The van der Waals surface area contributed by atoms with Gasteiger partial charge >= 0.3 is 5.97 Å². The molecule has 4 heteroatoms. The number of carboxylic acids is 1. The van der Waals surface area contributed by atoms with Crippen molar-refractivity contribution in [1.29, 1.82) is 0 Å². The van der Waals surface area contributed by atoms with E-state index in [0.717, 1.165) is 5.56 Å². The maximum absolute atomic E-state index is 10.8. The molecule has 15 heavy (non-hydrogen) atoms. The minimum atomic E-state index is -0.950. The van der Waals surface area contributed by atoms with Gasteiger partial charge < -0.3 is 9.52 Å². The van der Waals surface area contributed by atoms with E-state index in [9.17, 15) is 4.79 Å². The van der Waals surface area contributed by atoms with Crippen molar-refractivity contribution in [3.05, 3.63) is 33.7 Å². The molecule has 0 unspecified atom stereocenters. The average Bonchev–Trinajstić information content (AvgIpc) is 2.71. The number of thiophene rings is 1. The molecule has 0 atom stereocenters. The van der Waals surface area contributed by atoms with Crippen molar-refractivity contribution in [2.75, 3.05) is 0 Å². The summed E-state index contributed by atoms with van der Waals surface area (Å²) in [5, 5.41) is 10.8. The molecule has 0 saturated carbocycles. The number of hydrogen-bond donors (Lipinski definition) is 1. The Morgan fingerprint density at radius 3 is 2.60 bits per heavy atom. The van der Waals surface area contributed by atoms with Gasteiger partial charge in [-0.15, -0.1) is 11.3 Å². The van der Waals surface area contributed by atoms with Gasteiger partial charge in [0.1, 0.15) is 17.1 Å². The third-order valence-corrected chi connectivity index (χ3v) is 3.02. The molecule has 0 bridgehead atoms. The summed E-state index contributed by atoms with van der Waals surface area (Å²) in [6.45, 7) is 3.66. The van der Waals surface area contributed by atoms with Gasteiger partial charge in [-0.25, -0.2) is 4.79 Å². The van der Waals surface area contributed by atoms with Crippen molar-refractivity contribution in [3.63, 3.8) is 0 Å². The molecule has 2 rings (SSSR count). The van der Waals surface area contributed by atoms with Crippen LogP contribution in [0.5, 0.6) is 0 Å². The number of hydrogen-bond acceptors (Lipinski definition) is 3. The first kappa shape index (κ1) is 9.98. The fraction of sp³-hybridized carbons (Fsp3) is 0.182. The van der Waals surface area contributed by atoms with Crippen molar-refractivity contribution in [2.24, 2.45) is 0 Å². The van der Waals surface area contributed by atoms with Gasteiger partial charge in [-0.1, -0.05) is 0 Å². The molecule has 2 aromatic rings. The largest absolute Gasteiger partial charge is 0.478 e. The van der Waals surface area contributed by atoms with E-state index in [-0.39, 0.29) is 5.56 Å². The molecule has 0 spiro atoms. The summed E-state index contributed by atoms with van der Waals surface area (Å²) in [6, 6.07) is 3.55. The molecule has 0 aromatic carbocycles. The highest BCUT2D eigenvalue weighted by Crippen LogP contribution is 2.28. The van der Waals surface area contributed by atoms with Crippen LogP contribution in [0.1, 0.15) is 21.0 Å². The van der Waals surface area contributed by atoms with Crippen LogP contribution in [0.25, 0.3) is 11.3 Å². The lowest BCUT2D eigenvalue weighted by atomic mass is 10.2. The fourth-order valence-electron chi connectivity index (χ4n) is 1.41. The zero-order valence-corrected chi connectivity index (χ0v) is 9.22. The van der Waals surface area contributed by atoms with Crippen LogP contribution in [0.2, 0.25) is 0 Å². The fourth-order valence-corrected chi connectivity index (χ4v) is 2.10. The molecule has 2 heterocycles. The van der Waals surface area contributed by atoms with E-state index in [4.69, 9.17) is 9.52 Å². The molecule has 0 aliphatic heterocycles. The van der Waals surface area contributed by atoms with Crippen LogP contribution in [-0.4, -0.2) is 11.1 Å². The summed E-state index contributed by atoms with van der Waals surface area (Å²) < 4.78 is 5.40. The maximum Gasteiger partial charge on any atom is 0.339 e. The van der Waals surface area contributed by atoms with Crippen LogP contribution in [0.4, 0.5) is 0 Å². The molecule has 0 fully saturated rings. The minimum Gasteiger partial charge on any atom is -0.478 e. The number of aromatic carboxylic acids is 1. The molecular weight excluding hydrogens is 212 g/mol. The third-order valence-electron chi connectivity index (χ3n) is 2.16. The van der Waals surface area contributed by atoms with E-state index in [0.29, 0.717) is 11.5 Å². The smallest absolute Gasteiger partial charge is 0.339 e. The molecule has 0 aliphatic rings. The van der Waals surface area contributed by atoms with Gasteiger partial charge in [0, 0.05) is 15.8 Å². The zero-order valence-electron chi connectivity index (χ0n) is 8.40. The highest BCUT2D eigenvalue weighted by Gasteiger charge is 2.15. The van der Waals surface area contributed by atoms with E-state index < -0.39 is 5.97 Å². The molecular formula is C11H10O3S. The summed E-state index contributed by atoms with van der Waals surface area (Å²) in [7, 11) is 0. The predicted molar refractivity (Wildman–Crippen MR) is 58.5 cm³/mol. The Kier molecular flexibility index (Phi) is 2.36. The molecule has 0 amide bonds. The number of rotatable bonds is 2. The van der Waals surface area contributed by atoms with Crippen LogP contribution in [0.15, 0.2) is 21.9 Å². The lowest BCUT2D eigenvalue weighted by molar-refractivity contribution is 0.0695. The van der Waals surface area contributed by atoms with Crippen molar-refractivity contribution in [1.82, 2.24) is 0 Å². The lowest BCUT2D eigenvalue weighted by Gasteiger charge is -1.88. The van der Waals surface area contributed by atoms with Crippen LogP contribution in [0, 0.1) is 13.8 Å². The first-order chi connectivity index (χ1) is 7.08. The molecule has 1 N–H and O–H groups in total.